The molecule has 0 saturated heterocycles. The van der Waals surface area contributed by atoms with Gasteiger partial charge in [0.05, 0.1) is 32.7 Å². The van der Waals surface area contributed by atoms with E-state index in [0.29, 0.717) is 15.1 Å². The lowest BCUT2D eigenvalue weighted by Crippen LogP contribution is -2.06. The Hall–Kier alpha value is -1.51. The van der Waals surface area contributed by atoms with E-state index >= 15 is 0 Å². The minimum Gasteiger partial charge on any atom is -0.478 e. The Labute approximate surface area is 134 Å². The third-order valence-electron chi connectivity index (χ3n) is 2.84. The third-order valence-corrected chi connectivity index (χ3v) is 5.49. The summed E-state index contributed by atoms with van der Waals surface area (Å²) in [7, 11) is -1.47. The third kappa shape index (κ3) is 2.92. The number of carboxylic acid groups (broad SMARTS) is 1. The normalized spacial score (nSPS) is 12.6. The van der Waals surface area contributed by atoms with E-state index in [2.05, 4.69) is 20.9 Å². The van der Waals surface area contributed by atoms with Crippen molar-refractivity contribution in [1.29, 1.82) is 0 Å². The number of benzene rings is 1. The van der Waals surface area contributed by atoms with Crippen molar-refractivity contribution in [3.8, 4) is 0 Å². The zero-order valence-electron chi connectivity index (χ0n) is 10.5. The Bertz CT molecular complexity index is 828. The van der Waals surface area contributed by atoms with Crippen LogP contribution in [-0.2, 0) is 16.6 Å². The number of rotatable bonds is 4. The number of aromatic nitrogens is 2. The standard InChI is InChI=1S/C13H9BrN2O3S2/c14-8-1-2-10(12(17)18)11(5-8)21(19)7-9-6-16-3-4-20-13(16)15-9/h1-6H,7H2,(H,17,18). The molecule has 0 aliphatic rings. The van der Waals surface area contributed by atoms with Gasteiger partial charge in [-0.05, 0) is 18.2 Å². The molecule has 5 nitrogen and oxygen atoms in total. The average Bonchev–Trinajstić information content (AvgIpc) is 2.99. The van der Waals surface area contributed by atoms with Gasteiger partial charge in [0.25, 0.3) is 0 Å². The summed E-state index contributed by atoms with van der Waals surface area (Å²) in [6.45, 7) is 0. The Morgan fingerprint density at radius 1 is 1.48 bits per heavy atom. The van der Waals surface area contributed by atoms with E-state index in [-0.39, 0.29) is 11.3 Å². The SMILES string of the molecule is O=C(O)c1ccc(Br)cc1S(=O)Cc1cn2ccsc2n1. The lowest BCUT2D eigenvalue weighted by molar-refractivity contribution is 0.0693. The molecule has 1 N–H and O–H groups in total. The summed E-state index contributed by atoms with van der Waals surface area (Å²) in [5.74, 6) is -0.901. The summed E-state index contributed by atoms with van der Waals surface area (Å²) < 4.78 is 15.0. The van der Waals surface area contributed by atoms with E-state index in [0.717, 1.165) is 4.96 Å². The van der Waals surface area contributed by atoms with Gasteiger partial charge in [-0.1, -0.05) is 15.9 Å². The molecule has 0 spiro atoms. The molecule has 8 heteroatoms. The number of hydrogen-bond acceptors (Lipinski definition) is 4. The van der Waals surface area contributed by atoms with E-state index in [4.69, 9.17) is 0 Å². The van der Waals surface area contributed by atoms with Gasteiger partial charge in [0.1, 0.15) is 0 Å². The zero-order chi connectivity index (χ0) is 15.0. The summed E-state index contributed by atoms with van der Waals surface area (Å²) in [5.41, 5.74) is 0.731. The van der Waals surface area contributed by atoms with Crippen molar-refractivity contribution in [2.24, 2.45) is 0 Å². The zero-order valence-corrected chi connectivity index (χ0v) is 13.7. The van der Waals surface area contributed by atoms with Crippen LogP contribution in [0.1, 0.15) is 16.1 Å². The van der Waals surface area contributed by atoms with Crippen LogP contribution in [0.25, 0.3) is 4.96 Å². The summed E-state index contributed by atoms with van der Waals surface area (Å²) in [4.78, 5) is 16.7. The molecule has 21 heavy (non-hydrogen) atoms. The van der Waals surface area contributed by atoms with Gasteiger partial charge in [-0.25, -0.2) is 9.78 Å². The maximum absolute atomic E-state index is 12.5. The lowest BCUT2D eigenvalue weighted by atomic mass is 10.2. The fourth-order valence-corrected chi connectivity index (χ4v) is 4.37. The van der Waals surface area contributed by atoms with Gasteiger partial charge >= 0.3 is 5.97 Å². The van der Waals surface area contributed by atoms with Crippen molar-refractivity contribution in [2.75, 3.05) is 0 Å². The molecular weight excluding hydrogens is 376 g/mol. The Morgan fingerprint density at radius 3 is 3.00 bits per heavy atom. The van der Waals surface area contributed by atoms with Crippen LogP contribution in [0.2, 0.25) is 0 Å². The second-order valence-corrected chi connectivity index (χ2v) is 7.47. The van der Waals surface area contributed by atoms with Crippen LogP contribution in [0.5, 0.6) is 0 Å². The van der Waals surface area contributed by atoms with Crippen molar-refractivity contribution in [1.82, 2.24) is 9.38 Å². The molecule has 1 aromatic carbocycles. The number of carbonyl (C=O) groups is 1. The predicted octanol–water partition coefficient (Wildman–Crippen LogP) is 3.16. The molecule has 108 valence electrons. The highest BCUT2D eigenvalue weighted by molar-refractivity contribution is 9.10. The van der Waals surface area contributed by atoms with Crippen molar-refractivity contribution in [3.05, 3.63) is 51.7 Å². The first-order chi connectivity index (χ1) is 10.0. The number of nitrogens with zero attached hydrogens (tertiary/aromatic N) is 2. The fraction of sp³-hybridized carbons (Fsp3) is 0.0769. The van der Waals surface area contributed by atoms with Gasteiger partial charge in [-0.15, -0.1) is 11.3 Å². The van der Waals surface area contributed by atoms with Gasteiger partial charge in [0.15, 0.2) is 4.96 Å². The van der Waals surface area contributed by atoms with Crippen LogP contribution in [0.3, 0.4) is 0 Å². The lowest BCUT2D eigenvalue weighted by Gasteiger charge is -2.05. The molecule has 0 fully saturated rings. The topological polar surface area (TPSA) is 71.7 Å². The monoisotopic (exact) mass is 384 g/mol. The average molecular weight is 385 g/mol. The van der Waals surface area contributed by atoms with Crippen molar-refractivity contribution < 1.29 is 14.1 Å². The van der Waals surface area contributed by atoms with E-state index in [1.54, 1.807) is 12.1 Å². The molecule has 0 radical (unpaired) electrons. The molecule has 0 aliphatic heterocycles. The Balaban J connectivity index is 1.93. The molecule has 0 amide bonds. The maximum Gasteiger partial charge on any atom is 0.336 e. The molecular formula is C13H9BrN2O3S2. The molecule has 1 unspecified atom stereocenters. The molecule has 1 atom stereocenters. The summed E-state index contributed by atoms with van der Waals surface area (Å²) in [5, 5.41) is 11.1. The van der Waals surface area contributed by atoms with Crippen molar-refractivity contribution in [2.45, 2.75) is 10.6 Å². The minimum absolute atomic E-state index is 0.0533. The van der Waals surface area contributed by atoms with Gasteiger partial charge in [0.2, 0.25) is 0 Å². The highest BCUT2D eigenvalue weighted by Crippen LogP contribution is 2.22. The number of fused-ring (bicyclic) bond motifs is 1. The van der Waals surface area contributed by atoms with E-state index in [1.165, 1.54) is 17.4 Å². The molecule has 3 rings (SSSR count). The second kappa shape index (κ2) is 5.70. The number of carboxylic acids is 1. The number of imidazole rings is 1. The fourth-order valence-electron chi connectivity index (χ4n) is 1.92. The second-order valence-electron chi connectivity index (χ2n) is 4.26. The molecule has 2 aromatic heterocycles. The van der Waals surface area contributed by atoms with Crippen molar-refractivity contribution >= 4 is 49.0 Å². The number of aromatic carboxylic acids is 1. The first kappa shape index (κ1) is 14.4. The predicted molar refractivity (Wildman–Crippen MR) is 84.3 cm³/mol. The number of thiazole rings is 1. The van der Waals surface area contributed by atoms with Crippen LogP contribution in [-0.4, -0.2) is 24.7 Å². The summed E-state index contributed by atoms with van der Waals surface area (Å²) in [6, 6.07) is 4.65. The van der Waals surface area contributed by atoms with Crippen molar-refractivity contribution in [3.63, 3.8) is 0 Å². The van der Waals surface area contributed by atoms with Crippen LogP contribution in [0.15, 0.2) is 45.3 Å². The summed E-state index contributed by atoms with van der Waals surface area (Å²) in [6.07, 6.45) is 3.68. The van der Waals surface area contributed by atoms with Gasteiger partial charge < -0.3 is 5.11 Å². The first-order valence-corrected chi connectivity index (χ1v) is 8.86. The molecule has 0 aliphatic carbocycles. The van der Waals surface area contributed by atoms with Crippen LogP contribution < -0.4 is 0 Å². The van der Waals surface area contributed by atoms with E-state index in [9.17, 15) is 14.1 Å². The van der Waals surface area contributed by atoms with Crippen LogP contribution in [0, 0.1) is 0 Å². The minimum atomic E-state index is -1.47. The largest absolute Gasteiger partial charge is 0.478 e. The highest BCUT2D eigenvalue weighted by Gasteiger charge is 2.17. The summed E-state index contributed by atoms with van der Waals surface area (Å²) >= 11 is 4.77. The highest BCUT2D eigenvalue weighted by atomic mass is 79.9. The molecule has 2 heterocycles. The van der Waals surface area contributed by atoms with Gasteiger partial charge in [-0.3, -0.25) is 8.61 Å². The Kier molecular flexibility index (Phi) is 3.92. The number of halogens is 1. The molecule has 3 aromatic rings. The molecule has 0 saturated carbocycles. The quantitative estimate of drug-likeness (QED) is 0.749. The smallest absolute Gasteiger partial charge is 0.336 e. The number of hydrogen-bond donors (Lipinski definition) is 1. The first-order valence-electron chi connectivity index (χ1n) is 5.87. The van der Waals surface area contributed by atoms with Crippen LogP contribution >= 0.6 is 27.3 Å². The van der Waals surface area contributed by atoms with Gasteiger partial charge in [-0.2, -0.15) is 0 Å². The van der Waals surface area contributed by atoms with Crippen LogP contribution in [0.4, 0.5) is 0 Å². The molecule has 0 bridgehead atoms. The van der Waals surface area contributed by atoms with E-state index < -0.39 is 16.8 Å². The maximum atomic E-state index is 12.5. The van der Waals surface area contributed by atoms with E-state index in [1.807, 2.05) is 22.2 Å². The Morgan fingerprint density at radius 2 is 2.29 bits per heavy atom. The van der Waals surface area contributed by atoms with Gasteiger partial charge in [0, 0.05) is 22.2 Å².